The van der Waals surface area contributed by atoms with E-state index in [-0.39, 0.29) is 11.9 Å². The molecule has 1 unspecified atom stereocenters. The molecule has 3 heteroatoms. The van der Waals surface area contributed by atoms with E-state index in [0.717, 1.165) is 0 Å². The molecular weight excluding hydrogens is 251 g/mol. The second kappa shape index (κ2) is 6.31. The van der Waals surface area contributed by atoms with E-state index in [2.05, 4.69) is 29.6 Å². The van der Waals surface area contributed by atoms with E-state index in [9.17, 15) is 4.39 Å². The average Bonchev–Trinajstić information content (AvgIpc) is 2.46. The third-order valence-electron chi connectivity index (χ3n) is 3.36. The summed E-state index contributed by atoms with van der Waals surface area (Å²) in [5.41, 5.74) is 3.31. The molecule has 2 rings (SSSR count). The van der Waals surface area contributed by atoms with Crippen molar-refractivity contribution in [1.82, 2.24) is 5.32 Å². The van der Waals surface area contributed by atoms with E-state index >= 15 is 0 Å². The highest BCUT2D eigenvalue weighted by Crippen LogP contribution is 2.15. The molecule has 0 saturated carbocycles. The van der Waals surface area contributed by atoms with Gasteiger partial charge in [0.05, 0.1) is 11.6 Å². The Morgan fingerprint density at radius 3 is 2.50 bits per heavy atom. The summed E-state index contributed by atoms with van der Waals surface area (Å²) in [7, 11) is 0. The van der Waals surface area contributed by atoms with Crippen LogP contribution in [0.15, 0.2) is 42.5 Å². The van der Waals surface area contributed by atoms with Gasteiger partial charge in [0.25, 0.3) is 0 Å². The third-order valence-corrected chi connectivity index (χ3v) is 3.36. The zero-order valence-corrected chi connectivity index (χ0v) is 11.7. The number of halogens is 1. The van der Waals surface area contributed by atoms with Crippen LogP contribution in [0.1, 0.15) is 35.2 Å². The maximum Gasteiger partial charge on any atom is 0.129 e. The number of aryl methyl sites for hydroxylation is 1. The zero-order valence-electron chi connectivity index (χ0n) is 11.7. The summed E-state index contributed by atoms with van der Waals surface area (Å²) in [5, 5.41) is 12.0. The fourth-order valence-corrected chi connectivity index (χ4v) is 2.00. The maximum absolute atomic E-state index is 13.8. The molecule has 0 bridgehead atoms. The van der Waals surface area contributed by atoms with Gasteiger partial charge in [0, 0.05) is 18.2 Å². The molecule has 20 heavy (non-hydrogen) atoms. The molecule has 1 atom stereocenters. The summed E-state index contributed by atoms with van der Waals surface area (Å²) < 4.78 is 13.8. The van der Waals surface area contributed by atoms with Crippen LogP contribution in [-0.2, 0) is 6.54 Å². The summed E-state index contributed by atoms with van der Waals surface area (Å²) in [6.07, 6.45) is 0. The van der Waals surface area contributed by atoms with Crippen LogP contribution in [0.25, 0.3) is 0 Å². The van der Waals surface area contributed by atoms with Crippen LogP contribution in [0.3, 0.4) is 0 Å². The monoisotopic (exact) mass is 268 g/mol. The van der Waals surface area contributed by atoms with Crippen molar-refractivity contribution in [3.05, 3.63) is 70.5 Å². The molecule has 0 radical (unpaired) electrons. The van der Waals surface area contributed by atoms with Crippen molar-refractivity contribution >= 4 is 0 Å². The van der Waals surface area contributed by atoms with Crippen molar-refractivity contribution in [2.75, 3.05) is 0 Å². The first kappa shape index (κ1) is 14.2. The van der Waals surface area contributed by atoms with E-state index in [1.165, 1.54) is 17.2 Å². The molecule has 2 aromatic rings. The number of hydrogen-bond donors (Lipinski definition) is 1. The van der Waals surface area contributed by atoms with Gasteiger partial charge in [-0.3, -0.25) is 0 Å². The number of nitrogens with zero attached hydrogens (tertiary/aromatic N) is 1. The highest BCUT2D eigenvalue weighted by molar-refractivity contribution is 5.33. The van der Waals surface area contributed by atoms with Crippen molar-refractivity contribution in [1.29, 1.82) is 5.26 Å². The molecule has 0 amide bonds. The first-order valence-corrected chi connectivity index (χ1v) is 6.58. The molecular formula is C17H17FN2. The van der Waals surface area contributed by atoms with Gasteiger partial charge < -0.3 is 5.32 Å². The van der Waals surface area contributed by atoms with Crippen LogP contribution in [0.2, 0.25) is 0 Å². The van der Waals surface area contributed by atoms with Crippen LogP contribution in [0.5, 0.6) is 0 Å². The predicted molar refractivity (Wildman–Crippen MR) is 77.5 cm³/mol. The third kappa shape index (κ3) is 3.43. The Bertz CT molecular complexity index is 626. The minimum atomic E-state index is -0.340. The Morgan fingerprint density at radius 1 is 1.20 bits per heavy atom. The number of hydrogen-bond acceptors (Lipinski definition) is 2. The lowest BCUT2D eigenvalue weighted by Crippen LogP contribution is -2.18. The van der Waals surface area contributed by atoms with Gasteiger partial charge in [-0.1, -0.05) is 35.9 Å². The fraction of sp³-hybridized carbons (Fsp3) is 0.235. The van der Waals surface area contributed by atoms with Crippen LogP contribution < -0.4 is 5.32 Å². The largest absolute Gasteiger partial charge is 0.306 e. The molecule has 0 aliphatic carbocycles. The maximum atomic E-state index is 13.8. The van der Waals surface area contributed by atoms with Crippen molar-refractivity contribution in [2.45, 2.75) is 26.4 Å². The molecule has 0 heterocycles. The number of nitriles is 1. The van der Waals surface area contributed by atoms with Crippen LogP contribution in [0, 0.1) is 24.1 Å². The standard InChI is InChI=1S/C17H17FN2/c1-12-3-6-15(7-4-12)13(2)20-11-16-8-5-14(10-19)9-17(16)18/h3-9,13,20H,11H2,1-2H3. The lowest BCUT2D eigenvalue weighted by atomic mass is 10.1. The van der Waals surface area contributed by atoms with E-state index in [1.807, 2.05) is 19.9 Å². The number of rotatable bonds is 4. The summed E-state index contributed by atoms with van der Waals surface area (Å²) >= 11 is 0. The van der Waals surface area contributed by atoms with Gasteiger partial charge in [0.2, 0.25) is 0 Å². The average molecular weight is 268 g/mol. The van der Waals surface area contributed by atoms with Crippen LogP contribution >= 0.6 is 0 Å². The van der Waals surface area contributed by atoms with Crippen molar-refractivity contribution in [3.8, 4) is 6.07 Å². The van der Waals surface area contributed by atoms with Crippen molar-refractivity contribution in [2.24, 2.45) is 0 Å². The highest BCUT2D eigenvalue weighted by Gasteiger charge is 2.07. The normalized spacial score (nSPS) is 11.9. The Hall–Kier alpha value is -2.18. The first-order valence-electron chi connectivity index (χ1n) is 6.58. The summed E-state index contributed by atoms with van der Waals surface area (Å²) in [5.74, 6) is -0.340. The second-order valence-electron chi connectivity index (χ2n) is 4.93. The lowest BCUT2D eigenvalue weighted by molar-refractivity contribution is 0.544. The van der Waals surface area contributed by atoms with Gasteiger partial charge in [-0.15, -0.1) is 0 Å². The topological polar surface area (TPSA) is 35.8 Å². The number of benzene rings is 2. The zero-order chi connectivity index (χ0) is 14.5. The lowest BCUT2D eigenvalue weighted by Gasteiger charge is -2.15. The highest BCUT2D eigenvalue weighted by atomic mass is 19.1. The van der Waals surface area contributed by atoms with Crippen molar-refractivity contribution in [3.63, 3.8) is 0 Å². The summed E-state index contributed by atoms with van der Waals surface area (Å²) in [4.78, 5) is 0. The Kier molecular flexibility index (Phi) is 4.49. The minimum absolute atomic E-state index is 0.144. The molecule has 0 aromatic heterocycles. The fourth-order valence-electron chi connectivity index (χ4n) is 2.00. The molecule has 102 valence electrons. The molecule has 2 aromatic carbocycles. The molecule has 0 aliphatic rings. The van der Waals surface area contributed by atoms with Crippen LogP contribution in [-0.4, -0.2) is 0 Å². The molecule has 0 aliphatic heterocycles. The van der Waals surface area contributed by atoms with E-state index in [1.54, 1.807) is 12.1 Å². The van der Waals surface area contributed by atoms with Gasteiger partial charge in [0.1, 0.15) is 5.82 Å². The van der Waals surface area contributed by atoms with E-state index in [0.29, 0.717) is 17.7 Å². The molecule has 0 spiro atoms. The first-order chi connectivity index (χ1) is 9.60. The van der Waals surface area contributed by atoms with Crippen molar-refractivity contribution < 1.29 is 4.39 Å². The van der Waals surface area contributed by atoms with Gasteiger partial charge in [0.15, 0.2) is 0 Å². The van der Waals surface area contributed by atoms with Gasteiger partial charge in [-0.2, -0.15) is 5.26 Å². The van der Waals surface area contributed by atoms with Gasteiger partial charge in [-0.05, 0) is 31.5 Å². The SMILES string of the molecule is Cc1ccc(C(C)NCc2ccc(C#N)cc2F)cc1. The van der Waals surface area contributed by atoms with Crippen LogP contribution in [0.4, 0.5) is 4.39 Å². The second-order valence-corrected chi connectivity index (χ2v) is 4.93. The Morgan fingerprint density at radius 2 is 1.90 bits per heavy atom. The summed E-state index contributed by atoms with van der Waals surface area (Å²) in [6.45, 7) is 4.53. The Balaban J connectivity index is 2.01. The molecule has 0 fully saturated rings. The van der Waals surface area contributed by atoms with E-state index < -0.39 is 0 Å². The van der Waals surface area contributed by atoms with E-state index in [4.69, 9.17) is 5.26 Å². The minimum Gasteiger partial charge on any atom is -0.306 e. The quantitative estimate of drug-likeness (QED) is 0.914. The molecule has 0 saturated heterocycles. The molecule has 1 N–H and O–H groups in total. The number of nitrogens with one attached hydrogen (secondary N) is 1. The smallest absolute Gasteiger partial charge is 0.129 e. The summed E-state index contributed by atoms with van der Waals surface area (Å²) in [6, 6.07) is 14.9. The molecule has 2 nitrogen and oxygen atoms in total. The Labute approximate surface area is 118 Å². The van der Waals surface area contributed by atoms with Gasteiger partial charge >= 0.3 is 0 Å². The van der Waals surface area contributed by atoms with Gasteiger partial charge in [-0.25, -0.2) is 4.39 Å². The predicted octanol–water partition coefficient (Wildman–Crippen LogP) is 3.86.